The number of carbonyl (C=O) groups is 3. The average molecular weight is 867 g/mol. The van der Waals surface area contributed by atoms with E-state index in [0.29, 0.717) is 19.3 Å². The number of esters is 3. The van der Waals surface area contributed by atoms with Crippen molar-refractivity contribution in [3.63, 3.8) is 0 Å². The van der Waals surface area contributed by atoms with Gasteiger partial charge in [0.25, 0.3) is 0 Å². The van der Waals surface area contributed by atoms with Gasteiger partial charge in [-0.3, -0.25) is 14.4 Å². The maximum atomic E-state index is 12.8. The number of allylic oxidation sites excluding steroid dienone is 10. The van der Waals surface area contributed by atoms with Crippen molar-refractivity contribution in [3.8, 4) is 0 Å². The summed E-state index contributed by atoms with van der Waals surface area (Å²) in [6.45, 7) is 6.48. The summed E-state index contributed by atoms with van der Waals surface area (Å²) in [6, 6.07) is 0. The first-order valence-electron chi connectivity index (χ1n) is 26.3. The molecule has 0 aromatic carbocycles. The van der Waals surface area contributed by atoms with Crippen molar-refractivity contribution in [3.05, 3.63) is 60.8 Å². The Balaban J connectivity index is 4.41. The lowest BCUT2D eigenvalue weighted by atomic mass is 10.1. The van der Waals surface area contributed by atoms with Gasteiger partial charge in [-0.05, 0) is 103 Å². The van der Waals surface area contributed by atoms with E-state index < -0.39 is 6.10 Å². The topological polar surface area (TPSA) is 78.9 Å². The quantitative estimate of drug-likeness (QED) is 0.0262. The SMILES string of the molecule is CC/C=C\C/C=C\C/C=C\CCCCCC(=O)OCC(COC(=O)CCCCCCCCC/C=C\CCCCCCCC)OC(=O)CCCCCCC/C=C\CCCCCCC. The predicted octanol–water partition coefficient (Wildman–Crippen LogP) is 17.3. The van der Waals surface area contributed by atoms with Crippen LogP contribution in [0.15, 0.2) is 60.8 Å². The van der Waals surface area contributed by atoms with E-state index >= 15 is 0 Å². The lowest BCUT2D eigenvalue weighted by Crippen LogP contribution is -2.30. The third-order valence-corrected chi connectivity index (χ3v) is 11.2. The molecule has 62 heavy (non-hydrogen) atoms. The average Bonchev–Trinajstić information content (AvgIpc) is 3.27. The van der Waals surface area contributed by atoms with Crippen molar-refractivity contribution in [1.82, 2.24) is 0 Å². The number of hydrogen-bond donors (Lipinski definition) is 0. The Hall–Kier alpha value is -2.89. The van der Waals surface area contributed by atoms with E-state index in [1.807, 2.05) is 0 Å². The summed E-state index contributed by atoms with van der Waals surface area (Å²) < 4.78 is 16.8. The van der Waals surface area contributed by atoms with Gasteiger partial charge < -0.3 is 14.2 Å². The Morgan fingerprint density at radius 3 is 1.02 bits per heavy atom. The molecule has 0 saturated carbocycles. The molecule has 0 radical (unpaired) electrons. The highest BCUT2D eigenvalue weighted by Gasteiger charge is 2.19. The summed E-state index contributed by atoms with van der Waals surface area (Å²) in [4.78, 5) is 38.0. The minimum Gasteiger partial charge on any atom is -0.462 e. The number of hydrogen-bond acceptors (Lipinski definition) is 6. The molecule has 0 aromatic heterocycles. The van der Waals surface area contributed by atoms with E-state index in [1.165, 1.54) is 122 Å². The smallest absolute Gasteiger partial charge is 0.306 e. The normalized spacial score (nSPS) is 12.5. The molecule has 0 aliphatic carbocycles. The summed E-state index contributed by atoms with van der Waals surface area (Å²) in [7, 11) is 0. The van der Waals surface area contributed by atoms with Crippen LogP contribution in [-0.4, -0.2) is 37.2 Å². The Bertz CT molecular complexity index is 1130. The molecule has 0 amide bonds. The molecule has 0 saturated heterocycles. The highest BCUT2D eigenvalue weighted by atomic mass is 16.6. The molecule has 0 heterocycles. The Kier molecular flexibility index (Phi) is 48.4. The molecular formula is C56H98O6. The summed E-state index contributed by atoms with van der Waals surface area (Å²) in [5, 5.41) is 0. The molecule has 0 rings (SSSR count). The van der Waals surface area contributed by atoms with Crippen LogP contribution >= 0.6 is 0 Å². The first-order chi connectivity index (χ1) is 30.5. The maximum Gasteiger partial charge on any atom is 0.306 e. The van der Waals surface area contributed by atoms with E-state index in [1.54, 1.807) is 0 Å². The van der Waals surface area contributed by atoms with Gasteiger partial charge in [-0.15, -0.1) is 0 Å². The predicted molar refractivity (Wildman–Crippen MR) is 265 cm³/mol. The molecule has 0 bridgehead atoms. The highest BCUT2D eigenvalue weighted by molar-refractivity contribution is 5.71. The monoisotopic (exact) mass is 867 g/mol. The van der Waals surface area contributed by atoms with Gasteiger partial charge >= 0.3 is 17.9 Å². The van der Waals surface area contributed by atoms with E-state index in [9.17, 15) is 14.4 Å². The summed E-state index contributed by atoms with van der Waals surface area (Å²) in [5.74, 6) is -0.928. The zero-order valence-electron chi connectivity index (χ0n) is 40.9. The maximum absolute atomic E-state index is 12.8. The highest BCUT2D eigenvalue weighted by Crippen LogP contribution is 2.14. The van der Waals surface area contributed by atoms with Gasteiger partial charge in [-0.1, -0.05) is 197 Å². The van der Waals surface area contributed by atoms with Gasteiger partial charge in [0.1, 0.15) is 13.2 Å². The van der Waals surface area contributed by atoms with Crippen LogP contribution in [0.5, 0.6) is 0 Å². The van der Waals surface area contributed by atoms with Crippen molar-refractivity contribution < 1.29 is 28.6 Å². The largest absolute Gasteiger partial charge is 0.462 e. The van der Waals surface area contributed by atoms with Crippen LogP contribution in [0.3, 0.4) is 0 Å². The van der Waals surface area contributed by atoms with Crippen LogP contribution in [0.25, 0.3) is 0 Å². The molecular weight excluding hydrogens is 769 g/mol. The van der Waals surface area contributed by atoms with Crippen LogP contribution in [0.1, 0.15) is 258 Å². The van der Waals surface area contributed by atoms with Crippen LogP contribution in [-0.2, 0) is 28.6 Å². The standard InChI is InChI=1S/C56H98O6/c1-4-7-10-13-16-19-22-25-27-28-29-32-34-37-40-43-46-49-55(58)61-52-53(51-60-54(57)48-45-42-39-36-33-30-24-21-18-15-12-9-6-3)62-56(59)50-47-44-41-38-35-31-26-23-20-17-14-11-8-5-2/h9,12,18,21,23,25-27,30,33,53H,4-8,10-11,13-17,19-20,22,24,28-29,31-32,34-52H2,1-3H3/b12-9-,21-18-,26-23-,27-25-,33-30-. The number of unbranched alkanes of at least 4 members (excludes halogenated alkanes) is 26. The van der Waals surface area contributed by atoms with E-state index in [0.717, 1.165) is 96.3 Å². The second kappa shape index (κ2) is 50.8. The van der Waals surface area contributed by atoms with Crippen LogP contribution in [0, 0.1) is 0 Å². The number of ether oxygens (including phenoxy) is 3. The van der Waals surface area contributed by atoms with Gasteiger partial charge in [0, 0.05) is 19.3 Å². The molecule has 0 fully saturated rings. The van der Waals surface area contributed by atoms with Crippen molar-refractivity contribution in [2.24, 2.45) is 0 Å². The Morgan fingerprint density at radius 1 is 0.339 bits per heavy atom. The zero-order valence-corrected chi connectivity index (χ0v) is 40.9. The summed E-state index contributed by atoms with van der Waals surface area (Å²) >= 11 is 0. The van der Waals surface area contributed by atoms with E-state index in [4.69, 9.17) is 14.2 Å². The minimum atomic E-state index is -0.791. The second-order valence-corrected chi connectivity index (χ2v) is 17.4. The third-order valence-electron chi connectivity index (χ3n) is 11.2. The van der Waals surface area contributed by atoms with Gasteiger partial charge in [-0.2, -0.15) is 0 Å². The molecule has 6 nitrogen and oxygen atoms in total. The summed E-state index contributed by atoms with van der Waals surface area (Å²) in [5.41, 5.74) is 0. The molecule has 6 heteroatoms. The van der Waals surface area contributed by atoms with E-state index in [-0.39, 0.29) is 31.1 Å². The minimum absolute atomic E-state index is 0.0888. The molecule has 0 spiro atoms. The van der Waals surface area contributed by atoms with Crippen molar-refractivity contribution >= 4 is 17.9 Å². The van der Waals surface area contributed by atoms with Gasteiger partial charge in [0.2, 0.25) is 0 Å². The van der Waals surface area contributed by atoms with Gasteiger partial charge in [-0.25, -0.2) is 0 Å². The van der Waals surface area contributed by atoms with Crippen LogP contribution < -0.4 is 0 Å². The van der Waals surface area contributed by atoms with Crippen LogP contribution in [0.4, 0.5) is 0 Å². The second-order valence-electron chi connectivity index (χ2n) is 17.4. The molecule has 0 aliphatic heterocycles. The molecule has 1 unspecified atom stereocenters. The Morgan fingerprint density at radius 2 is 0.629 bits per heavy atom. The molecule has 0 aliphatic rings. The van der Waals surface area contributed by atoms with Gasteiger partial charge in [0.05, 0.1) is 0 Å². The molecule has 0 N–H and O–H groups in total. The van der Waals surface area contributed by atoms with Crippen molar-refractivity contribution in [2.45, 2.75) is 264 Å². The fraction of sp³-hybridized carbons (Fsp3) is 0.768. The molecule has 1 atom stereocenters. The summed E-state index contributed by atoms with van der Waals surface area (Å²) in [6.07, 6.45) is 62.0. The number of rotatable bonds is 47. The lowest BCUT2D eigenvalue weighted by molar-refractivity contribution is -0.167. The Labute approximate surface area is 383 Å². The van der Waals surface area contributed by atoms with Gasteiger partial charge in [0.15, 0.2) is 6.10 Å². The lowest BCUT2D eigenvalue weighted by Gasteiger charge is -2.18. The zero-order chi connectivity index (χ0) is 45.1. The fourth-order valence-corrected chi connectivity index (χ4v) is 7.27. The third kappa shape index (κ3) is 48.1. The number of carbonyl (C=O) groups excluding carboxylic acids is 3. The molecule has 358 valence electrons. The van der Waals surface area contributed by atoms with Crippen molar-refractivity contribution in [1.29, 1.82) is 0 Å². The molecule has 0 aromatic rings. The first kappa shape index (κ1) is 59.1. The first-order valence-corrected chi connectivity index (χ1v) is 26.3. The fourth-order valence-electron chi connectivity index (χ4n) is 7.27. The van der Waals surface area contributed by atoms with E-state index in [2.05, 4.69) is 81.5 Å². The van der Waals surface area contributed by atoms with Crippen LogP contribution in [0.2, 0.25) is 0 Å². The van der Waals surface area contributed by atoms with Crippen molar-refractivity contribution in [2.75, 3.05) is 13.2 Å².